The van der Waals surface area contributed by atoms with E-state index >= 15 is 0 Å². The smallest absolute Gasteiger partial charge is 0.159 e. The first-order valence-electron chi connectivity index (χ1n) is 28.2. The van der Waals surface area contributed by atoms with Gasteiger partial charge in [0, 0.05) is 86.8 Å². The van der Waals surface area contributed by atoms with Gasteiger partial charge in [-0.15, -0.1) is 0 Å². The summed E-state index contributed by atoms with van der Waals surface area (Å²) in [7, 11) is 2.22. The van der Waals surface area contributed by atoms with Gasteiger partial charge in [0.05, 0.1) is 17.3 Å². The number of aliphatic imine (C=N–C) groups is 1. The van der Waals surface area contributed by atoms with Crippen molar-refractivity contribution >= 4 is 61.4 Å². The van der Waals surface area contributed by atoms with E-state index in [9.17, 15) is 0 Å². The van der Waals surface area contributed by atoms with Gasteiger partial charge in [-0.2, -0.15) is 0 Å². The lowest BCUT2D eigenvalue weighted by Crippen LogP contribution is -2.53. The average molecular weight is 995 g/mol. The molecule has 1 saturated carbocycles. The van der Waals surface area contributed by atoms with E-state index < -0.39 is 0 Å². The SMILES string of the molecule is CN1C(C2=CC=CCC2)N=C(C2C=C(c3cccc4c3oc3c5c(ccc34)C3CC=CC=C3N5C3CCCCC3)CNC2c2cccc3c4c(oc23)C2=C(C4)C3CC=CC=C3N2c2ccccc2)NC1c1ccccc1. The van der Waals surface area contributed by atoms with Crippen LogP contribution in [0, 0.1) is 11.8 Å². The van der Waals surface area contributed by atoms with Gasteiger partial charge >= 0.3 is 0 Å². The van der Waals surface area contributed by atoms with Crippen molar-refractivity contribution in [1.82, 2.24) is 15.5 Å². The molecule has 9 aliphatic rings. The lowest BCUT2D eigenvalue weighted by molar-refractivity contribution is 0.166. The number of nitrogens with one attached hydrogen (secondary N) is 2. The van der Waals surface area contributed by atoms with Gasteiger partial charge in [0.25, 0.3) is 0 Å². The van der Waals surface area contributed by atoms with E-state index in [1.165, 1.54) is 110 Å². The minimum atomic E-state index is -0.189. The third kappa shape index (κ3) is 6.79. The first kappa shape index (κ1) is 44.6. The van der Waals surface area contributed by atoms with Crippen molar-refractivity contribution in [1.29, 1.82) is 0 Å². The molecule has 8 heteroatoms. The lowest BCUT2D eigenvalue weighted by atomic mass is 9.83. The summed E-state index contributed by atoms with van der Waals surface area (Å²) in [4.78, 5) is 13.4. The maximum absolute atomic E-state index is 7.43. The van der Waals surface area contributed by atoms with Crippen LogP contribution in [0.3, 0.4) is 0 Å². The Morgan fingerprint density at radius 3 is 2.29 bits per heavy atom. The average Bonchev–Trinajstić information content (AvgIpc) is 4.44. The molecular weight excluding hydrogens is 933 g/mol. The predicted octanol–water partition coefficient (Wildman–Crippen LogP) is 15.2. The molecule has 0 saturated heterocycles. The van der Waals surface area contributed by atoms with Gasteiger partial charge in [0.15, 0.2) is 11.3 Å². The summed E-state index contributed by atoms with van der Waals surface area (Å²) in [5.74, 6) is 2.50. The Kier molecular flexibility index (Phi) is 10.4. The van der Waals surface area contributed by atoms with Crippen molar-refractivity contribution in [3.8, 4) is 0 Å². The highest BCUT2D eigenvalue weighted by atomic mass is 16.3. The number of anilines is 2. The minimum Gasteiger partial charge on any atom is -0.454 e. The molecule has 2 aromatic heterocycles. The van der Waals surface area contributed by atoms with Crippen molar-refractivity contribution in [2.75, 3.05) is 23.4 Å². The van der Waals surface area contributed by atoms with Gasteiger partial charge in [-0.3, -0.25) is 4.90 Å². The summed E-state index contributed by atoms with van der Waals surface area (Å²) in [6.45, 7) is 0.648. The van der Waals surface area contributed by atoms with Crippen molar-refractivity contribution in [2.24, 2.45) is 16.8 Å². The van der Waals surface area contributed by atoms with E-state index in [0.717, 1.165) is 71.6 Å². The van der Waals surface area contributed by atoms with Crippen LogP contribution in [0.15, 0.2) is 206 Å². The van der Waals surface area contributed by atoms with Crippen molar-refractivity contribution in [2.45, 2.75) is 94.5 Å². The number of furan rings is 2. The highest BCUT2D eigenvalue weighted by Crippen LogP contribution is 2.57. The lowest BCUT2D eigenvalue weighted by Gasteiger charge is -2.43. The largest absolute Gasteiger partial charge is 0.454 e. The monoisotopic (exact) mass is 994 g/mol. The van der Waals surface area contributed by atoms with E-state index in [-0.39, 0.29) is 24.3 Å². The summed E-state index contributed by atoms with van der Waals surface area (Å²) in [6.07, 6.45) is 34.2. The zero-order chi connectivity index (χ0) is 50.0. The summed E-state index contributed by atoms with van der Waals surface area (Å²) >= 11 is 0. The molecule has 6 atom stereocenters. The molecule has 0 spiro atoms. The third-order valence-corrected chi connectivity index (χ3v) is 18.5. The number of benzene rings is 5. The van der Waals surface area contributed by atoms with Crippen LogP contribution in [-0.4, -0.2) is 36.5 Å². The molecule has 0 bridgehead atoms. The normalized spacial score (nSPS) is 26.0. The summed E-state index contributed by atoms with van der Waals surface area (Å²) < 4.78 is 14.9. The number of nitrogens with zero attached hydrogens (tertiary/aromatic N) is 4. The molecule has 5 aliphatic carbocycles. The number of rotatable bonds is 7. The first-order chi connectivity index (χ1) is 37.6. The van der Waals surface area contributed by atoms with Crippen LogP contribution in [-0.2, 0) is 6.42 Å². The van der Waals surface area contributed by atoms with Crippen molar-refractivity contribution < 1.29 is 8.83 Å². The molecule has 7 aromatic rings. The van der Waals surface area contributed by atoms with Crippen LogP contribution < -0.4 is 20.4 Å². The van der Waals surface area contributed by atoms with Crippen molar-refractivity contribution in [3.63, 3.8) is 0 Å². The molecule has 4 aliphatic heterocycles. The molecule has 16 rings (SSSR count). The van der Waals surface area contributed by atoms with Gasteiger partial charge in [-0.25, -0.2) is 4.99 Å². The zero-order valence-electron chi connectivity index (χ0n) is 43.1. The number of allylic oxidation sites excluding steroid dienone is 11. The van der Waals surface area contributed by atoms with Gasteiger partial charge in [0.1, 0.15) is 29.3 Å². The second-order valence-corrected chi connectivity index (χ2v) is 22.6. The van der Waals surface area contributed by atoms with Gasteiger partial charge in [0.2, 0.25) is 0 Å². The van der Waals surface area contributed by atoms with Gasteiger partial charge in [-0.05, 0) is 97.7 Å². The van der Waals surface area contributed by atoms with Gasteiger partial charge < -0.3 is 29.3 Å². The molecule has 0 radical (unpaired) electrons. The second kappa shape index (κ2) is 17.7. The Bertz CT molecular complexity index is 3830. The van der Waals surface area contributed by atoms with Crippen LogP contribution in [0.1, 0.15) is 109 Å². The van der Waals surface area contributed by atoms with Crippen LogP contribution >= 0.6 is 0 Å². The van der Waals surface area contributed by atoms with Crippen LogP contribution in [0.5, 0.6) is 0 Å². The van der Waals surface area contributed by atoms with E-state index in [1.807, 2.05) is 0 Å². The first-order valence-corrected chi connectivity index (χ1v) is 28.2. The summed E-state index contributed by atoms with van der Waals surface area (Å²) in [6, 6.07) is 40.5. The molecule has 1 fully saturated rings. The fourth-order valence-corrected chi connectivity index (χ4v) is 15.0. The third-order valence-electron chi connectivity index (χ3n) is 18.5. The Hall–Kier alpha value is -7.65. The maximum atomic E-state index is 7.43. The standard InChI is InChI=1S/C68H62N6O2/c1-72-67(41-20-6-2-7-21-41)70-66(71-68(72)42-22-8-3-9-23-42)56-38-43(46-30-18-31-50-52-37-36-49-47-28-14-16-34-57(47)73(44-24-10-4-11-25-44)60(49)64(52)75-62(46)50)40-69-59(56)53-33-19-32-51-55-39-54-48-29-15-17-35-58(48)74(45-26-12-5-13-27-45)61(54)65(55)76-63(51)53/h2-3,5-8,12-22,26-27,30-38,44,47-48,56,59,67-69H,4,9-11,23-25,28-29,39-40H2,1H3,(H,70,71). The van der Waals surface area contributed by atoms with Gasteiger partial charge in [-0.1, -0.05) is 165 Å². The number of likely N-dealkylation sites (N-methyl/N-ethyl adjacent to an activating group) is 1. The minimum absolute atomic E-state index is 0.0980. The molecule has 0 amide bonds. The second-order valence-electron chi connectivity index (χ2n) is 22.6. The highest BCUT2D eigenvalue weighted by Gasteiger charge is 2.46. The fraction of sp³-hybridized carbons (Fsp3) is 0.279. The molecule has 6 unspecified atom stereocenters. The summed E-state index contributed by atoms with van der Waals surface area (Å²) in [5, 5.41) is 11.9. The summed E-state index contributed by atoms with van der Waals surface area (Å²) in [5.41, 5.74) is 19.6. The molecule has 2 N–H and O–H groups in total. The Balaban J connectivity index is 0.860. The molecule has 376 valence electrons. The number of para-hydroxylation sites is 3. The van der Waals surface area contributed by atoms with E-state index in [1.54, 1.807) is 0 Å². The Labute approximate surface area is 444 Å². The highest BCUT2D eigenvalue weighted by molar-refractivity contribution is 6.13. The maximum Gasteiger partial charge on any atom is 0.159 e. The van der Waals surface area contributed by atoms with Crippen LogP contribution in [0.2, 0.25) is 0 Å². The topological polar surface area (TPSA) is 72.4 Å². The Morgan fingerprint density at radius 1 is 0.671 bits per heavy atom. The van der Waals surface area contributed by atoms with Crippen LogP contribution in [0.25, 0.3) is 44.2 Å². The Morgan fingerprint density at radius 2 is 1.45 bits per heavy atom. The molecule has 8 nitrogen and oxygen atoms in total. The van der Waals surface area contributed by atoms with Crippen molar-refractivity contribution in [3.05, 3.63) is 226 Å². The number of fused-ring (bicyclic) bond motifs is 13. The molecular formula is C68H62N6O2. The molecule has 76 heavy (non-hydrogen) atoms. The van der Waals surface area contributed by atoms with E-state index in [0.29, 0.717) is 24.4 Å². The number of amidine groups is 1. The molecule has 6 heterocycles. The van der Waals surface area contributed by atoms with E-state index in [2.05, 4.69) is 202 Å². The van der Waals surface area contributed by atoms with E-state index in [4.69, 9.17) is 13.8 Å². The number of hydrogen-bond donors (Lipinski definition) is 2. The zero-order valence-corrected chi connectivity index (χ0v) is 43.1. The fourth-order valence-electron chi connectivity index (χ4n) is 15.0. The number of hydrogen-bond acceptors (Lipinski definition) is 8. The molecule has 5 aromatic carbocycles. The van der Waals surface area contributed by atoms with Crippen LogP contribution in [0.4, 0.5) is 11.4 Å². The predicted molar refractivity (Wildman–Crippen MR) is 309 cm³/mol. The quantitative estimate of drug-likeness (QED) is 0.165.